The summed E-state index contributed by atoms with van der Waals surface area (Å²) in [5.41, 5.74) is 1.13. The molecule has 3 heteroatoms. The fourth-order valence-electron chi connectivity index (χ4n) is 1.54. The van der Waals surface area contributed by atoms with Crippen LogP contribution in [0.15, 0.2) is 43.0 Å². The molecule has 0 bridgehead atoms. The minimum Gasteiger partial charge on any atom is -0.390 e. The maximum absolute atomic E-state index is 9.73. The Hall–Kier alpha value is -1.16. The van der Waals surface area contributed by atoms with Gasteiger partial charge in [-0.15, -0.1) is 6.58 Å². The van der Waals surface area contributed by atoms with E-state index in [2.05, 4.69) is 6.58 Å². The molecule has 0 saturated heterocycles. The molecule has 3 nitrogen and oxygen atoms in total. The number of benzene rings is 1. The van der Waals surface area contributed by atoms with E-state index in [0.29, 0.717) is 19.6 Å². The summed E-state index contributed by atoms with van der Waals surface area (Å²) in [5.74, 6) is 0. The smallest absolute Gasteiger partial charge is 0.101 e. The second-order valence-corrected chi connectivity index (χ2v) is 3.83. The fourth-order valence-corrected chi connectivity index (χ4v) is 1.54. The third kappa shape index (κ3) is 5.13. The number of aliphatic hydroxyl groups is 1. The van der Waals surface area contributed by atoms with Crippen molar-refractivity contribution >= 4 is 0 Å². The van der Waals surface area contributed by atoms with Crippen molar-refractivity contribution in [3.8, 4) is 0 Å². The summed E-state index contributed by atoms with van der Waals surface area (Å²) >= 11 is 0. The highest BCUT2D eigenvalue weighted by atomic mass is 16.5. The summed E-state index contributed by atoms with van der Waals surface area (Å²) in [5, 5.41) is 9.73. The lowest BCUT2D eigenvalue weighted by atomic mass is 10.1. The molecule has 0 amide bonds. The van der Waals surface area contributed by atoms with E-state index in [1.54, 1.807) is 13.2 Å². The second-order valence-electron chi connectivity index (χ2n) is 3.83. The quantitative estimate of drug-likeness (QED) is 0.555. The van der Waals surface area contributed by atoms with Gasteiger partial charge in [-0.3, -0.25) is 0 Å². The Balaban J connectivity index is 2.18. The Bertz CT molecular complexity index is 311. The van der Waals surface area contributed by atoms with Gasteiger partial charge < -0.3 is 14.6 Å². The molecule has 1 N–H and O–H groups in total. The van der Waals surface area contributed by atoms with Gasteiger partial charge in [0.2, 0.25) is 0 Å². The van der Waals surface area contributed by atoms with Crippen LogP contribution in [0.2, 0.25) is 0 Å². The molecule has 17 heavy (non-hydrogen) atoms. The zero-order valence-corrected chi connectivity index (χ0v) is 10.2. The van der Waals surface area contributed by atoms with E-state index in [1.807, 2.05) is 30.3 Å². The van der Waals surface area contributed by atoms with Crippen molar-refractivity contribution in [3.05, 3.63) is 48.6 Å². The van der Waals surface area contributed by atoms with Crippen molar-refractivity contribution in [2.75, 3.05) is 13.7 Å². The summed E-state index contributed by atoms with van der Waals surface area (Å²) in [6.07, 6.45) is 1.25. The predicted octanol–water partition coefficient (Wildman–Crippen LogP) is 2.16. The monoisotopic (exact) mass is 236 g/mol. The van der Waals surface area contributed by atoms with Crippen LogP contribution in [0.25, 0.3) is 0 Å². The van der Waals surface area contributed by atoms with Gasteiger partial charge in [0, 0.05) is 13.7 Å². The topological polar surface area (TPSA) is 38.7 Å². The molecule has 0 fully saturated rings. The Morgan fingerprint density at radius 2 is 2.06 bits per heavy atom. The molecule has 94 valence electrons. The van der Waals surface area contributed by atoms with Gasteiger partial charge in [0.25, 0.3) is 0 Å². The fraction of sp³-hybridized carbons (Fsp3) is 0.429. The molecule has 0 spiro atoms. The Kier molecular flexibility index (Phi) is 6.55. The molecular weight excluding hydrogens is 216 g/mol. The lowest BCUT2D eigenvalue weighted by Gasteiger charge is -2.17. The van der Waals surface area contributed by atoms with E-state index in [0.717, 1.165) is 5.56 Å². The molecule has 0 heterocycles. The summed E-state index contributed by atoms with van der Waals surface area (Å²) in [7, 11) is 1.56. The molecule has 0 saturated carbocycles. The molecule has 0 aliphatic rings. The van der Waals surface area contributed by atoms with Gasteiger partial charge >= 0.3 is 0 Å². The number of ether oxygens (including phenoxy) is 2. The number of rotatable bonds is 8. The maximum Gasteiger partial charge on any atom is 0.101 e. The van der Waals surface area contributed by atoms with Gasteiger partial charge in [0.1, 0.15) is 6.10 Å². The average Bonchev–Trinajstić information content (AvgIpc) is 2.37. The highest BCUT2D eigenvalue weighted by Gasteiger charge is 2.14. The third-order valence-electron chi connectivity index (χ3n) is 2.55. The standard InChI is InChI=1S/C14H20O3/c1-3-14(16-2)13(15)9-10-17-11-12-7-5-4-6-8-12/h3-8,13-15H,1,9-11H2,2H3/t13-,14+/m1/s1. The number of hydrogen-bond acceptors (Lipinski definition) is 3. The van der Waals surface area contributed by atoms with Crippen LogP contribution >= 0.6 is 0 Å². The molecule has 0 aliphatic heterocycles. The van der Waals surface area contributed by atoms with E-state index >= 15 is 0 Å². The van der Waals surface area contributed by atoms with Crippen LogP contribution in [-0.4, -0.2) is 31.0 Å². The van der Waals surface area contributed by atoms with Crippen LogP contribution < -0.4 is 0 Å². The van der Waals surface area contributed by atoms with Crippen LogP contribution in [0, 0.1) is 0 Å². The summed E-state index contributed by atoms with van der Waals surface area (Å²) in [6.45, 7) is 4.68. The second kappa shape index (κ2) is 8.01. The van der Waals surface area contributed by atoms with Crippen LogP contribution in [0.1, 0.15) is 12.0 Å². The lowest BCUT2D eigenvalue weighted by molar-refractivity contribution is -0.00637. The van der Waals surface area contributed by atoms with Gasteiger partial charge in [-0.25, -0.2) is 0 Å². The van der Waals surface area contributed by atoms with Crippen LogP contribution in [0.3, 0.4) is 0 Å². The van der Waals surface area contributed by atoms with Gasteiger partial charge in [-0.2, -0.15) is 0 Å². The molecule has 0 unspecified atom stereocenters. The van der Waals surface area contributed by atoms with Crippen molar-refractivity contribution in [3.63, 3.8) is 0 Å². The van der Waals surface area contributed by atoms with Gasteiger partial charge in [-0.1, -0.05) is 36.4 Å². The van der Waals surface area contributed by atoms with Gasteiger partial charge in [-0.05, 0) is 12.0 Å². The van der Waals surface area contributed by atoms with E-state index in [-0.39, 0.29) is 6.10 Å². The van der Waals surface area contributed by atoms with Crippen molar-refractivity contribution in [2.24, 2.45) is 0 Å². The number of methoxy groups -OCH3 is 1. The maximum atomic E-state index is 9.73. The Morgan fingerprint density at radius 1 is 1.35 bits per heavy atom. The first-order chi connectivity index (χ1) is 8.27. The highest BCUT2D eigenvalue weighted by molar-refractivity contribution is 5.13. The Labute approximate surface area is 103 Å². The predicted molar refractivity (Wildman–Crippen MR) is 67.7 cm³/mol. The molecule has 0 radical (unpaired) electrons. The number of aliphatic hydroxyl groups excluding tert-OH is 1. The molecular formula is C14H20O3. The van der Waals surface area contributed by atoms with Crippen molar-refractivity contribution < 1.29 is 14.6 Å². The SMILES string of the molecule is C=C[C@H](OC)[C@H](O)CCOCc1ccccc1. The van der Waals surface area contributed by atoms with E-state index < -0.39 is 6.10 Å². The molecule has 0 aliphatic carbocycles. The zero-order chi connectivity index (χ0) is 12.5. The van der Waals surface area contributed by atoms with Crippen LogP contribution in [0.4, 0.5) is 0 Å². The lowest BCUT2D eigenvalue weighted by Crippen LogP contribution is -2.27. The highest BCUT2D eigenvalue weighted by Crippen LogP contribution is 2.06. The van der Waals surface area contributed by atoms with E-state index in [1.165, 1.54) is 0 Å². The molecule has 2 atom stereocenters. The van der Waals surface area contributed by atoms with E-state index in [4.69, 9.17) is 9.47 Å². The van der Waals surface area contributed by atoms with Crippen LogP contribution in [-0.2, 0) is 16.1 Å². The van der Waals surface area contributed by atoms with Gasteiger partial charge in [0.05, 0.1) is 12.7 Å². The summed E-state index contributed by atoms with van der Waals surface area (Å²) in [4.78, 5) is 0. The van der Waals surface area contributed by atoms with Crippen molar-refractivity contribution in [1.29, 1.82) is 0 Å². The summed E-state index contributed by atoms with van der Waals surface area (Å²) in [6, 6.07) is 9.95. The third-order valence-corrected chi connectivity index (χ3v) is 2.55. The Morgan fingerprint density at radius 3 is 2.65 bits per heavy atom. The number of hydrogen-bond donors (Lipinski definition) is 1. The first-order valence-electron chi connectivity index (χ1n) is 5.73. The molecule has 1 aromatic carbocycles. The minimum atomic E-state index is -0.562. The molecule has 1 rings (SSSR count). The van der Waals surface area contributed by atoms with Gasteiger partial charge in [0.15, 0.2) is 0 Å². The molecule has 0 aromatic heterocycles. The van der Waals surface area contributed by atoms with E-state index in [9.17, 15) is 5.11 Å². The first kappa shape index (κ1) is 13.9. The zero-order valence-electron chi connectivity index (χ0n) is 10.2. The average molecular weight is 236 g/mol. The normalized spacial score (nSPS) is 14.2. The van der Waals surface area contributed by atoms with Crippen LogP contribution in [0.5, 0.6) is 0 Å². The largest absolute Gasteiger partial charge is 0.390 e. The van der Waals surface area contributed by atoms with Crippen molar-refractivity contribution in [2.45, 2.75) is 25.2 Å². The molecule has 1 aromatic rings. The summed E-state index contributed by atoms with van der Waals surface area (Å²) < 4.78 is 10.5. The minimum absolute atomic E-state index is 0.324. The van der Waals surface area contributed by atoms with Crippen molar-refractivity contribution in [1.82, 2.24) is 0 Å². The first-order valence-corrected chi connectivity index (χ1v) is 5.73.